The molecular weight excluding hydrogens is 386 g/mol. The smallest absolute Gasteiger partial charge is 0.158 e. The quantitative estimate of drug-likeness (QED) is 0.529. The summed E-state index contributed by atoms with van der Waals surface area (Å²) in [6.45, 7) is 4.65. The lowest BCUT2D eigenvalue weighted by atomic mass is 9.48. The predicted octanol–water partition coefficient (Wildman–Crippen LogP) is 3.87. The molecule has 5 aliphatic carbocycles. The Morgan fingerprint density at radius 3 is 2.68 bits per heavy atom. The molecule has 0 radical (unpaired) electrons. The number of carbonyl (C=O) groups is 1. The Labute approximate surface area is 186 Å². The SMILES string of the molecule is CC1(O)CCC2C(CCC3C2CCC2(C)C(C(=O)CN=CC=C(N)C#N)C4CC4C32)C1. The van der Waals surface area contributed by atoms with Crippen molar-refractivity contribution in [3.05, 3.63) is 11.8 Å². The highest BCUT2D eigenvalue weighted by Gasteiger charge is 2.70. The van der Waals surface area contributed by atoms with Crippen molar-refractivity contribution >= 4 is 12.0 Å². The minimum Gasteiger partial charge on any atom is -0.390 e. The zero-order valence-corrected chi connectivity index (χ0v) is 19.0. The molecule has 0 aromatic heterocycles. The number of hydrogen-bond donors (Lipinski definition) is 2. The summed E-state index contributed by atoms with van der Waals surface area (Å²) in [5.41, 5.74) is 5.27. The van der Waals surface area contributed by atoms with E-state index in [9.17, 15) is 9.90 Å². The number of nitriles is 1. The fourth-order valence-corrected chi connectivity index (χ4v) is 9.07. The number of hydrogen-bond acceptors (Lipinski definition) is 5. The molecule has 0 bridgehead atoms. The molecule has 0 spiro atoms. The number of aliphatic hydroxyl groups is 1. The molecule has 5 nitrogen and oxygen atoms in total. The van der Waals surface area contributed by atoms with Crippen LogP contribution < -0.4 is 5.73 Å². The molecule has 5 fully saturated rings. The second-order valence-corrected chi connectivity index (χ2v) is 11.9. The topological polar surface area (TPSA) is 99.5 Å². The van der Waals surface area contributed by atoms with Gasteiger partial charge >= 0.3 is 0 Å². The molecule has 0 heterocycles. The van der Waals surface area contributed by atoms with E-state index < -0.39 is 5.60 Å². The number of allylic oxidation sites excluding steroid dienone is 2. The van der Waals surface area contributed by atoms with Crippen LogP contribution >= 0.6 is 0 Å². The van der Waals surface area contributed by atoms with Crippen molar-refractivity contribution in [3.63, 3.8) is 0 Å². The summed E-state index contributed by atoms with van der Waals surface area (Å²) in [5, 5.41) is 19.3. The van der Waals surface area contributed by atoms with Crippen molar-refractivity contribution in [2.45, 2.75) is 70.8 Å². The summed E-state index contributed by atoms with van der Waals surface area (Å²) in [6.07, 6.45) is 12.3. The van der Waals surface area contributed by atoms with E-state index in [4.69, 9.17) is 11.0 Å². The molecule has 5 aliphatic rings. The molecule has 5 saturated carbocycles. The first kappa shape index (κ1) is 21.2. The maximum atomic E-state index is 13.3. The van der Waals surface area contributed by atoms with Crippen LogP contribution in [0.3, 0.4) is 0 Å². The number of nitrogens with zero attached hydrogens (tertiary/aromatic N) is 2. The number of fused-ring (bicyclic) bond motifs is 7. The largest absolute Gasteiger partial charge is 0.390 e. The van der Waals surface area contributed by atoms with Gasteiger partial charge in [-0.3, -0.25) is 9.79 Å². The van der Waals surface area contributed by atoms with Gasteiger partial charge in [0, 0.05) is 12.1 Å². The van der Waals surface area contributed by atoms with Crippen LogP contribution in [0.2, 0.25) is 0 Å². The van der Waals surface area contributed by atoms with Gasteiger partial charge in [0.1, 0.15) is 11.8 Å². The Bertz CT molecular complexity index is 855. The Balaban J connectivity index is 1.31. The Morgan fingerprint density at radius 1 is 1.13 bits per heavy atom. The lowest BCUT2D eigenvalue weighted by Gasteiger charge is -2.57. The van der Waals surface area contributed by atoms with Crippen molar-refractivity contribution in [2.24, 2.45) is 63.5 Å². The summed E-state index contributed by atoms with van der Waals surface area (Å²) in [6, 6.07) is 1.86. The second-order valence-electron chi connectivity index (χ2n) is 11.9. The van der Waals surface area contributed by atoms with E-state index in [1.54, 1.807) is 0 Å². The molecule has 31 heavy (non-hydrogen) atoms. The minimum absolute atomic E-state index is 0.115. The zero-order valence-electron chi connectivity index (χ0n) is 19.0. The summed E-state index contributed by atoms with van der Waals surface area (Å²) < 4.78 is 0. The lowest BCUT2D eigenvalue weighted by Crippen LogP contribution is -2.52. The fraction of sp³-hybridized carbons (Fsp3) is 0.808. The van der Waals surface area contributed by atoms with Crippen molar-refractivity contribution in [1.29, 1.82) is 5.26 Å². The molecular formula is C26H37N3O2. The maximum absolute atomic E-state index is 13.3. The highest BCUT2D eigenvalue weighted by Crippen LogP contribution is 2.74. The molecule has 0 amide bonds. The van der Waals surface area contributed by atoms with Crippen LogP contribution in [0.4, 0.5) is 0 Å². The molecule has 0 aliphatic heterocycles. The Kier molecular flexibility index (Phi) is 5.09. The maximum Gasteiger partial charge on any atom is 0.158 e. The van der Waals surface area contributed by atoms with Gasteiger partial charge in [0.15, 0.2) is 5.78 Å². The third kappa shape index (κ3) is 3.46. The van der Waals surface area contributed by atoms with Gasteiger partial charge < -0.3 is 10.8 Å². The van der Waals surface area contributed by atoms with Crippen LogP contribution in [-0.4, -0.2) is 29.3 Å². The fourth-order valence-electron chi connectivity index (χ4n) is 9.07. The van der Waals surface area contributed by atoms with E-state index in [-0.39, 0.29) is 23.6 Å². The van der Waals surface area contributed by atoms with Crippen molar-refractivity contribution in [1.82, 2.24) is 0 Å². The number of rotatable bonds is 4. The monoisotopic (exact) mass is 423 g/mol. The van der Waals surface area contributed by atoms with Gasteiger partial charge in [0.25, 0.3) is 0 Å². The number of nitrogens with two attached hydrogens (primary N) is 1. The normalized spacial score (nSPS) is 50.7. The highest BCUT2D eigenvalue weighted by atomic mass is 16.3. The highest BCUT2D eigenvalue weighted by molar-refractivity contribution is 5.87. The summed E-state index contributed by atoms with van der Waals surface area (Å²) in [5.74, 6) is 5.53. The van der Waals surface area contributed by atoms with Gasteiger partial charge in [-0.2, -0.15) is 5.26 Å². The lowest BCUT2D eigenvalue weighted by molar-refractivity contribution is -0.134. The van der Waals surface area contributed by atoms with Gasteiger partial charge in [0.2, 0.25) is 0 Å². The van der Waals surface area contributed by atoms with E-state index in [0.717, 1.165) is 36.5 Å². The van der Waals surface area contributed by atoms with Crippen molar-refractivity contribution in [2.75, 3.05) is 6.54 Å². The first-order valence-corrected chi connectivity index (χ1v) is 12.4. The van der Waals surface area contributed by atoms with Crippen LogP contribution in [0.1, 0.15) is 65.2 Å². The molecule has 10 atom stereocenters. The number of ketones is 1. The van der Waals surface area contributed by atoms with Crippen LogP contribution in [0, 0.1) is 64.1 Å². The molecule has 5 rings (SSSR count). The number of aliphatic imine (C=N–C) groups is 1. The van der Waals surface area contributed by atoms with E-state index in [2.05, 4.69) is 11.9 Å². The second kappa shape index (κ2) is 7.44. The first-order valence-electron chi connectivity index (χ1n) is 12.4. The summed E-state index contributed by atoms with van der Waals surface area (Å²) in [4.78, 5) is 17.5. The molecule has 0 aromatic rings. The third-order valence-corrected chi connectivity index (χ3v) is 10.1. The summed E-state index contributed by atoms with van der Waals surface area (Å²) in [7, 11) is 0. The van der Waals surface area contributed by atoms with Crippen LogP contribution in [0.25, 0.3) is 0 Å². The van der Waals surface area contributed by atoms with Gasteiger partial charge in [0.05, 0.1) is 12.1 Å². The number of Topliss-reactive ketones (excluding diaryl/α,β-unsaturated/α-hetero) is 1. The average molecular weight is 424 g/mol. The first-order chi connectivity index (χ1) is 14.7. The van der Waals surface area contributed by atoms with E-state index in [1.165, 1.54) is 50.8 Å². The van der Waals surface area contributed by atoms with E-state index in [0.29, 0.717) is 23.5 Å². The summed E-state index contributed by atoms with van der Waals surface area (Å²) >= 11 is 0. The van der Waals surface area contributed by atoms with E-state index in [1.807, 2.05) is 13.0 Å². The Hall–Kier alpha value is -1.67. The van der Waals surface area contributed by atoms with Crippen LogP contribution in [0.15, 0.2) is 16.8 Å². The molecule has 3 N–H and O–H groups in total. The third-order valence-electron chi connectivity index (χ3n) is 10.1. The van der Waals surface area contributed by atoms with Gasteiger partial charge in [-0.1, -0.05) is 6.92 Å². The molecule has 168 valence electrons. The number of carbonyl (C=O) groups excluding carboxylic acids is 1. The van der Waals surface area contributed by atoms with Crippen LogP contribution in [-0.2, 0) is 4.79 Å². The molecule has 0 aromatic carbocycles. The van der Waals surface area contributed by atoms with Crippen molar-refractivity contribution < 1.29 is 9.90 Å². The van der Waals surface area contributed by atoms with Gasteiger partial charge in [-0.25, -0.2) is 0 Å². The molecule has 5 heteroatoms. The molecule has 0 saturated heterocycles. The standard InChI is InChI=1S/C26H37N3O2/c1-25(31)8-5-17-15(12-25)3-4-19-18(17)6-9-26(2)23(19)20-11-21(20)24(26)22(30)14-29-10-7-16(28)13-27/h7,10,15,17-21,23-24,31H,3-6,8-9,11-12,14,28H2,1-2H3. The predicted molar refractivity (Wildman–Crippen MR) is 120 cm³/mol. The van der Waals surface area contributed by atoms with Crippen molar-refractivity contribution in [3.8, 4) is 6.07 Å². The van der Waals surface area contributed by atoms with Crippen LogP contribution in [0.5, 0.6) is 0 Å². The minimum atomic E-state index is -0.461. The van der Waals surface area contributed by atoms with Gasteiger partial charge in [-0.15, -0.1) is 0 Å². The van der Waals surface area contributed by atoms with Gasteiger partial charge in [-0.05, 0) is 111 Å². The Morgan fingerprint density at radius 2 is 1.90 bits per heavy atom. The zero-order chi connectivity index (χ0) is 22.0. The molecule has 10 unspecified atom stereocenters. The average Bonchev–Trinajstić information content (AvgIpc) is 3.43. The van der Waals surface area contributed by atoms with E-state index >= 15 is 0 Å².